The van der Waals surface area contributed by atoms with Crippen molar-refractivity contribution in [1.29, 1.82) is 0 Å². The summed E-state index contributed by atoms with van der Waals surface area (Å²) in [5, 5.41) is 0. The summed E-state index contributed by atoms with van der Waals surface area (Å²) >= 11 is 1.80. The van der Waals surface area contributed by atoms with Crippen molar-refractivity contribution in [2.24, 2.45) is 0 Å². The number of ether oxygens (including phenoxy) is 2. The number of rotatable bonds is 2. The van der Waals surface area contributed by atoms with Crippen LogP contribution in [-0.2, 0) is 5.75 Å². The van der Waals surface area contributed by atoms with Gasteiger partial charge in [-0.1, -0.05) is 6.07 Å². The van der Waals surface area contributed by atoms with Gasteiger partial charge in [-0.15, -0.1) is 0 Å². The third-order valence-corrected chi connectivity index (χ3v) is 2.37. The lowest BCUT2D eigenvalue weighted by Gasteiger charge is -1.99. The van der Waals surface area contributed by atoms with Crippen molar-refractivity contribution in [2.75, 3.05) is 13.0 Å². The highest BCUT2D eigenvalue weighted by Gasteiger charge is 2.12. The van der Waals surface area contributed by atoms with Gasteiger partial charge in [0.05, 0.1) is 0 Å². The second-order valence-corrected chi connectivity index (χ2v) is 3.49. The molecule has 0 N–H and O–H groups in total. The van der Waals surface area contributed by atoms with Crippen LogP contribution in [0.4, 0.5) is 0 Å². The molecular weight excluding hydrogens is 172 g/mol. The molecule has 0 aromatic heterocycles. The molecule has 1 aliphatic heterocycles. The molecule has 12 heavy (non-hydrogen) atoms. The van der Waals surface area contributed by atoms with Gasteiger partial charge in [0.1, 0.15) is 0 Å². The predicted octanol–water partition coefficient (Wildman–Crippen LogP) is 2.28. The molecule has 1 aliphatic rings. The topological polar surface area (TPSA) is 18.5 Å². The molecule has 0 saturated carbocycles. The molecule has 1 heterocycles. The number of hydrogen-bond donors (Lipinski definition) is 0. The zero-order valence-corrected chi connectivity index (χ0v) is 7.69. The number of thioether (sulfide) groups is 1. The molecule has 0 saturated heterocycles. The van der Waals surface area contributed by atoms with E-state index in [-0.39, 0.29) is 0 Å². The van der Waals surface area contributed by atoms with E-state index in [0.29, 0.717) is 6.79 Å². The summed E-state index contributed by atoms with van der Waals surface area (Å²) in [5.74, 6) is 2.76. The van der Waals surface area contributed by atoms with Crippen LogP contribution in [0.5, 0.6) is 11.5 Å². The Labute approximate surface area is 75.9 Å². The highest BCUT2D eigenvalue weighted by molar-refractivity contribution is 7.97. The van der Waals surface area contributed by atoms with Crippen LogP contribution in [0.25, 0.3) is 0 Å². The Morgan fingerprint density at radius 3 is 3.00 bits per heavy atom. The van der Waals surface area contributed by atoms with Crippen molar-refractivity contribution >= 4 is 11.8 Å². The van der Waals surface area contributed by atoms with Gasteiger partial charge >= 0.3 is 0 Å². The first kappa shape index (κ1) is 7.80. The Balaban J connectivity index is 2.26. The van der Waals surface area contributed by atoms with Crippen LogP contribution in [0.2, 0.25) is 0 Å². The summed E-state index contributed by atoms with van der Waals surface area (Å²) in [6.45, 7) is 0.359. The summed E-state index contributed by atoms with van der Waals surface area (Å²) in [6.07, 6.45) is 2.09. The SMILES string of the molecule is CSCc1ccc2c(c1)OCO2. The van der Waals surface area contributed by atoms with E-state index in [1.807, 2.05) is 12.1 Å². The number of fused-ring (bicyclic) bond motifs is 1. The Bertz CT molecular complexity index is 286. The third kappa shape index (κ3) is 1.37. The molecule has 0 bridgehead atoms. The van der Waals surface area contributed by atoms with E-state index < -0.39 is 0 Å². The van der Waals surface area contributed by atoms with Crippen LogP contribution in [-0.4, -0.2) is 13.0 Å². The van der Waals surface area contributed by atoms with Gasteiger partial charge in [-0.2, -0.15) is 11.8 Å². The molecule has 2 rings (SSSR count). The lowest BCUT2D eigenvalue weighted by molar-refractivity contribution is 0.174. The molecule has 1 aromatic carbocycles. The molecule has 0 fully saturated rings. The second kappa shape index (κ2) is 3.27. The minimum absolute atomic E-state index is 0.359. The normalized spacial score (nSPS) is 13.4. The Morgan fingerprint density at radius 1 is 1.33 bits per heavy atom. The van der Waals surface area contributed by atoms with Gasteiger partial charge in [0.15, 0.2) is 11.5 Å². The lowest BCUT2D eigenvalue weighted by atomic mass is 10.2. The fraction of sp³-hybridized carbons (Fsp3) is 0.333. The summed E-state index contributed by atoms with van der Waals surface area (Å²) in [4.78, 5) is 0. The van der Waals surface area contributed by atoms with Crippen molar-refractivity contribution in [3.8, 4) is 11.5 Å². The maximum atomic E-state index is 5.25. The molecule has 2 nitrogen and oxygen atoms in total. The van der Waals surface area contributed by atoms with Gasteiger partial charge in [0.2, 0.25) is 6.79 Å². The van der Waals surface area contributed by atoms with Gasteiger partial charge in [-0.05, 0) is 24.0 Å². The van der Waals surface area contributed by atoms with Gasteiger partial charge in [-0.25, -0.2) is 0 Å². The highest BCUT2D eigenvalue weighted by atomic mass is 32.2. The van der Waals surface area contributed by atoms with Crippen molar-refractivity contribution in [1.82, 2.24) is 0 Å². The average Bonchev–Trinajstić information content (AvgIpc) is 2.51. The molecule has 0 unspecified atom stereocenters. The van der Waals surface area contributed by atoms with E-state index in [2.05, 4.69) is 12.3 Å². The van der Waals surface area contributed by atoms with Crippen molar-refractivity contribution in [2.45, 2.75) is 5.75 Å². The number of hydrogen-bond acceptors (Lipinski definition) is 3. The maximum Gasteiger partial charge on any atom is 0.231 e. The van der Waals surface area contributed by atoms with Crippen LogP contribution >= 0.6 is 11.8 Å². The minimum atomic E-state index is 0.359. The Hall–Kier alpha value is -0.830. The van der Waals surface area contributed by atoms with E-state index in [9.17, 15) is 0 Å². The highest BCUT2D eigenvalue weighted by Crippen LogP contribution is 2.33. The van der Waals surface area contributed by atoms with Gasteiger partial charge in [0.25, 0.3) is 0 Å². The van der Waals surface area contributed by atoms with Crippen LogP contribution in [0.15, 0.2) is 18.2 Å². The maximum absolute atomic E-state index is 5.25. The third-order valence-electron chi connectivity index (χ3n) is 1.75. The molecule has 3 heteroatoms. The van der Waals surface area contributed by atoms with E-state index >= 15 is 0 Å². The van der Waals surface area contributed by atoms with E-state index in [4.69, 9.17) is 9.47 Å². The molecule has 0 aliphatic carbocycles. The standard InChI is InChI=1S/C9H10O2S/c1-12-5-7-2-3-8-9(4-7)11-6-10-8/h2-4H,5-6H2,1H3. The number of benzene rings is 1. The zero-order valence-electron chi connectivity index (χ0n) is 6.87. The quantitative estimate of drug-likeness (QED) is 0.699. The molecule has 0 amide bonds. The minimum Gasteiger partial charge on any atom is -0.454 e. The molecule has 0 radical (unpaired) electrons. The van der Waals surface area contributed by atoms with Crippen LogP contribution in [0.3, 0.4) is 0 Å². The molecular formula is C9H10O2S. The summed E-state index contributed by atoms with van der Waals surface area (Å²) in [6, 6.07) is 6.08. The predicted molar refractivity (Wildman–Crippen MR) is 49.8 cm³/mol. The van der Waals surface area contributed by atoms with E-state index in [1.165, 1.54) is 5.56 Å². The van der Waals surface area contributed by atoms with Crippen molar-refractivity contribution in [3.63, 3.8) is 0 Å². The van der Waals surface area contributed by atoms with E-state index in [0.717, 1.165) is 17.3 Å². The van der Waals surface area contributed by atoms with Crippen LogP contribution in [0, 0.1) is 0 Å². The summed E-state index contributed by atoms with van der Waals surface area (Å²) in [7, 11) is 0. The first-order valence-electron chi connectivity index (χ1n) is 3.77. The van der Waals surface area contributed by atoms with Gasteiger partial charge < -0.3 is 9.47 Å². The first-order valence-corrected chi connectivity index (χ1v) is 5.17. The summed E-state index contributed by atoms with van der Waals surface area (Å²) in [5.41, 5.74) is 1.28. The zero-order chi connectivity index (χ0) is 8.39. The molecule has 1 aromatic rings. The van der Waals surface area contributed by atoms with Gasteiger partial charge in [-0.3, -0.25) is 0 Å². The average molecular weight is 182 g/mol. The summed E-state index contributed by atoms with van der Waals surface area (Å²) < 4.78 is 10.5. The smallest absolute Gasteiger partial charge is 0.231 e. The Morgan fingerprint density at radius 2 is 2.17 bits per heavy atom. The molecule has 64 valence electrons. The molecule has 0 atom stereocenters. The Kier molecular flexibility index (Phi) is 2.13. The monoisotopic (exact) mass is 182 g/mol. The molecule has 0 spiro atoms. The second-order valence-electron chi connectivity index (χ2n) is 2.62. The van der Waals surface area contributed by atoms with Crippen molar-refractivity contribution < 1.29 is 9.47 Å². The van der Waals surface area contributed by atoms with Crippen molar-refractivity contribution in [3.05, 3.63) is 23.8 Å². The van der Waals surface area contributed by atoms with E-state index in [1.54, 1.807) is 11.8 Å². The fourth-order valence-electron chi connectivity index (χ4n) is 1.20. The largest absolute Gasteiger partial charge is 0.454 e. The lowest BCUT2D eigenvalue weighted by Crippen LogP contribution is -1.92. The van der Waals surface area contributed by atoms with Crippen LogP contribution in [0.1, 0.15) is 5.56 Å². The van der Waals surface area contributed by atoms with Gasteiger partial charge in [0, 0.05) is 5.75 Å². The fourth-order valence-corrected chi connectivity index (χ4v) is 1.71. The first-order chi connectivity index (χ1) is 5.90. The van der Waals surface area contributed by atoms with Crippen LogP contribution < -0.4 is 9.47 Å².